The van der Waals surface area contributed by atoms with Gasteiger partial charge in [-0.3, -0.25) is 0 Å². The van der Waals surface area contributed by atoms with Crippen molar-refractivity contribution in [3.63, 3.8) is 0 Å². The van der Waals surface area contributed by atoms with Gasteiger partial charge in [-0.15, -0.1) is 5.10 Å². The summed E-state index contributed by atoms with van der Waals surface area (Å²) in [6, 6.07) is 4.91. The van der Waals surface area contributed by atoms with Crippen LogP contribution >= 0.6 is 27.7 Å². The SMILES string of the molecule is CCNCCn1nnnc1SCc1cc(Br)ccc1F. The van der Waals surface area contributed by atoms with Gasteiger partial charge in [0.25, 0.3) is 0 Å². The first kappa shape index (κ1) is 15.4. The molecule has 0 amide bonds. The average molecular weight is 360 g/mol. The first-order valence-electron chi connectivity index (χ1n) is 6.24. The van der Waals surface area contributed by atoms with E-state index in [9.17, 15) is 4.39 Å². The summed E-state index contributed by atoms with van der Waals surface area (Å²) in [7, 11) is 0. The molecule has 0 unspecified atom stereocenters. The topological polar surface area (TPSA) is 55.6 Å². The number of benzene rings is 1. The number of aromatic nitrogens is 4. The molecule has 0 fully saturated rings. The number of nitrogens with zero attached hydrogens (tertiary/aromatic N) is 4. The molecule has 0 bridgehead atoms. The van der Waals surface area contributed by atoms with Crippen molar-refractivity contribution < 1.29 is 4.39 Å². The monoisotopic (exact) mass is 359 g/mol. The van der Waals surface area contributed by atoms with E-state index in [0.29, 0.717) is 23.0 Å². The number of hydrogen-bond donors (Lipinski definition) is 1. The maximum absolute atomic E-state index is 13.6. The lowest BCUT2D eigenvalue weighted by Crippen LogP contribution is -2.20. The summed E-state index contributed by atoms with van der Waals surface area (Å²) in [5.74, 6) is 0.278. The van der Waals surface area contributed by atoms with Gasteiger partial charge in [-0.05, 0) is 40.7 Å². The van der Waals surface area contributed by atoms with Crippen molar-refractivity contribution >= 4 is 27.7 Å². The predicted molar refractivity (Wildman–Crippen MR) is 80.0 cm³/mol. The second kappa shape index (κ2) is 7.70. The Hall–Kier alpha value is -0.990. The molecule has 2 rings (SSSR count). The minimum atomic E-state index is -0.215. The number of thioether (sulfide) groups is 1. The molecule has 0 saturated carbocycles. The maximum atomic E-state index is 13.6. The zero-order valence-corrected chi connectivity index (χ0v) is 13.4. The van der Waals surface area contributed by atoms with Crippen LogP contribution in [-0.4, -0.2) is 33.3 Å². The van der Waals surface area contributed by atoms with E-state index in [1.165, 1.54) is 17.8 Å². The summed E-state index contributed by atoms with van der Waals surface area (Å²) in [4.78, 5) is 0. The number of halogens is 2. The number of hydrogen-bond acceptors (Lipinski definition) is 5. The molecule has 0 radical (unpaired) electrons. The van der Waals surface area contributed by atoms with E-state index < -0.39 is 0 Å². The molecule has 0 aliphatic carbocycles. The van der Waals surface area contributed by atoms with Gasteiger partial charge < -0.3 is 5.32 Å². The van der Waals surface area contributed by atoms with Gasteiger partial charge in [-0.2, -0.15) is 0 Å². The molecule has 5 nitrogen and oxygen atoms in total. The van der Waals surface area contributed by atoms with Crippen LogP contribution in [0, 0.1) is 5.82 Å². The summed E-state index contributed by atoms with van der Waals surface area (Å²) in [6.07, 6.45) is 0. The molecule has 20 heavy (non-hydrogen) atoms. The van der Waals surface area contributed by atoms with E-state index >= 15 is 0 Å². The summed E-state index contributed by atoms with van der Waals surface area (Å²) in [5.41, 5.74) is 0.630. The number of likely N-dealkylation sites (N-methyl/N-ethyl adjacent to an activating group) is 1. The molecule has 1 aromatic heterocycles. The van der Waals surface area contributed by atoms with E-state index in [1.807, 2.05) is 6.92 Å². The van der Waals surface area contributed by atoms with Crippen LogP contribution in [0.15, 0.2) is 27.8 Å². The summed E-state index contributed by atoms with van der Waals surface area (Å²) >= 11 is 4.77. The van der Waals surface area contributed by atoms with Crippen LogP contribution in [0.2, 0.25) is 0 Å². The van der Waals surface area contributed by atoms with Crippen LogP contribution in [0.3, 0.4) is 0 Å². The van der Waals surface area contributed by atoms with Crippen molar-refractivity contribution in [1.82, 2.24) is 25.5 Å². The fourth-order valence-electron chi connectivity index (χ4n) is 1.60. The highest BCUT2D eigenvalue weighted by Gasteiger charge is 2.09. The fraction of sp³-hybridized carbons (Fsp3) is 0.417. The third-order valence-electron chi connectivity index (χ3n) is 2.61. The first-order chi connectivity index (χ1) is 9.70. The third kappa shape index (κ3) is 4.26. The minimum absolute atomic E-state index is 0.215. The lowest BCUT2D eigenvalue weighted by Gasteiger charge is -2.05. The van der Waals surface area contributed by atoms with Crippen LogP contribution in [0.1, 0.15) is 12.5 Å². The summed E-state index contributed by atoms with van der Waals surface area (Å²) < 4.78 is 16.2. The lowest BCUT2D eigenvalue weighted by molar-refractivity contribution is 0.517. The van der Waals surface area contributed by atoms with Gasteiger partial charge in [0.15, 0.2) is 0 Å². The predicted octanol–water partition coefficient (Wildman–Crippen LogP) is 2.48. The molecule has 108 valence electrons. The molecule has 0 saturated heterocycles. The molecule has 1 N–H and O–H groups in total. The average Bonchev–Trinajstić information content (AvgIpc) is 2.88. The first-order valence-corrected chi connectivity index (χ1v) is 8.02. The zero-order valence-electron chi connectivity index (χ0n) is 11.0. The summed E-state index contributed by atoms with van der Waals surface area (Å²) in [5, 5.41) is 15.5. The minimum Gasteiger partial charge on any atom is -0.315 e. The molecule has 0 atom stereocenters. The van der Waals surface area contributed by atoms with Gasteiger partial charge in [0.05, 0.1) is 6.54 Å². The third-order valence-corrected chi connectivity index (χ3v) is 4.11. The van der Waals surface area contributed by atoms with Crippen molar-refractivity contribution in [2.45, 2.75) is 24.4 Å². The number of nitrogens with one attached hydrogen (secondary N) is 1. The van der Waals surface area contributed by atoms with Gasteiger partial charge in [-0.25, -0.2) is 9.07 Å². The van der Waals surface area contributed by atoms with Crippen molar-refractivity contribution in [3.05, 3.63) is 34.1 Å². The van der Waals surface area contributed by atoms with Crippen LogP contribution < -0.4 is 5.32 Å². The van der Waals surface area contributed by atoms with Crippen molar-refractivity contribution in [1.29, 1.82) is 0 Å². The highest BCUT2D eigenvalue weighted by Crippen LogP contribution is 2.24. The summed E-state index contributed by atoms with van der Waals surface area (Å²) in [6.45, 7) is 4.46. The number of tetrazole rings is 1. The molecular formula is C12H15BrFN5S. The largest absolute Gasteiger partial charge is 0.315 e. The standard InChI is InChI=1S/C12H15BrFN5S/c1-2-15-5-6-19-12(16-17-18-19)20-8-9-7-10(13)3-4-11(9)14/h3-4,7,15H,2,5-6,8H2,1H3. The van der Waals surface area contributed by atoms with Gasteiger partial charge in [0, 0.05) is 16.8 Å². The highest BCUT2D eigenvalue weighted by atomic mass is 79.9. The van der Waals surface area contributed by atoms with Crippen LogP contribution in [0.5, 0.6) is 0 Å². The Morgan fingerprint density at radius 3 is 3.10 bits per heavy atom. The second-order valence-electron chi connectivity index (χ2n) is 4.06. The highest BCUT2D eigenvalue weighted by molar-refractivity contribution is 9.10. The Labute approximate surface area is 129 Å². The lowest BCUT2D eigenvalue weighted by atomic mass is 10.2. The van der Waals surface area contributed by atoms with E-state index in [0.717, 1.165) is 17.6 Å². The zero-order chi connectivity index (χ0) is 14.4. The second-order valence-corrected chi connectivity index (χ2v) is 5.92. The van der Waals surface area contributed by atoms with Gasteiger partial charge in [0.1, 0.15) is 5.82 Å². The van der Waals surface area contributed by atoms with Crippen LogP contribution in [-0.2, 0) is 12.3 Å². The van der Waals surface area contributed by atoms with Crippen molar-refractivity contribution in [2.75, 3.05) is 13.1 Å². The Bertz CT molecular complexity index is 563. The normalized spacial score (nSPS) is 10.9. The Morgan fingerprint density at radius 2 is 2.30 bits per heavy atom. The van der Waals surface area contributed by atoms with Crippen LogP contribution in [0.4, 0.5) is 4.39 Å². The molecule has 2 aromatic rings. The van der Waals surface area contributed by atoms with Gasteiger partial charge >= 0.3 is 0 Å². The molecule has 0 spiro atoms. The molecular weight excluding hydrogens is 345 g/mol. The molecule has 0 aliphatic rings. The van der Waals surface area contributed by atoms with Crippen LogP contribution in [0.25, 0.3) is 0 Å². The Balaban J connectivity index is 1.97. The smallest absolute Gasteiger partial charge is 0.209 e. The van der Waals surface area contributed by atoms with E-state index in [1.54, 1.807) is 16.8 Å². The van der Waals surface area contributed by atoms with E-state index in [2.05, 4.69) is 36.8 Å². The van der Waals surface area contributed by atoms with E-state index in [-0.39, 0.29) is 5.82 Å². The van der Waals surface area contributed by atoms with E-state index in [4.69, 9.17) is 0 Å². The molecule has 0 aliphatic heterocycles. The van der Waals surface area contributed by atoms with Gasteiger partial charge in [0.2, 0.25) is 5.16 Å². The Morgan fingerprint density at radius 1 is 1.45 bits per heavy atom. The molecule has 1 heterocycles. The molecule has 1 aromatic carbocycles. The maximum Gasteiger partial charge on any atom is 0.209 e. The van der Waals surface area contributed by atoms with Gasteiger partial charge in [-0.1, -0.05) is 34.6 Å². The fourth-order valence-corrected chi connectivity index (χ4v) is 2.88. The number of rotatable bonds is 7. The van der Waals surface area contributed by atoms with Crippen molar-refractivity contribution in [2.24, 2.45) is 0 Å². The molecule has 8 heteroatoms. The van der Waals surface area contributed by atoms with Crippen molar-refractivity contribution in [3.8, 4) is 0 Å². The Kier molecular flexibility index (Phi) is 5.93. The quantitative estimate of drug-likeness (QED) is 0.607.